The van der Waals surface area contributed by atoms with Crippen LogP contribution < -0.4 is 4.72 Å². The van der Waals surface area contributed by atoms with Crippen LogP contribution in [0.4, 0.5) is 5.69 Å². The molecular weight excluding hydrogens is 334 g/mol. The summed E-state index contributed by atoms with van der Waals surface area (Å²) >= 11 is 1.34. The molecule has 122 valence electrons. The minimum Gasteiger partial charge on any atom is -0.465 e. The Hall–Kier alpha value is -1.99. The van der Waals surface area contributed by atoms with Crippen LogP contribution in [0.25, 0.3) is 0 Å². The summed E-state index contributed by atoms with van der Waals surface area (Å²) in [6.07, 6.45) is 0. The van der Waals surface area contributed by atoms with E-state index in [4.69, 9.17) is 4.74 Å². The zero-order valence-electron chi connectivity index (χ0n) is 12.6. The summed E-state index contributed by atoms with van der Waals surface area (Å²) in [5.41, 5.74) is 0.467. The summed E-state index contributed by atoms with van der Waals surface area (Å²) in [5.74, 6) is -0.0468. The Kier molecular flexibility index (Phi) is 6.06. The molecule has 0 aromatic heterocycles. The van der Waals surface area contributed by atoms with Crippen molar-refractivity contribution in [3.05, 3.63) is 54.6 Å². The smallest absolute Gasteiger partial charge is 0.316 e. The summed E-state index contributed by atoms with van der Waals surface area (Å²) in [5, 5.41) is 0. The minimum atomic E-state index is -3.59. The average molecular weight is 351 g/mol. The molecule has 1 N–H and O–H groups in total. The Morgan fingerprint density at radius 2 is 1.74 bits per heavy atom. The largest absolute Gasteiger partial charge is 0.465 e. The lowest BCUT2D eigenvalue weighted by Crippen LogP contribution is -2.12. The first-order chi connectivity index (χ1) is 11.0. The van der Waals surface area contributed by atoms with Gasteiger partial charge in [-0.05, 0) is 43.3 Å². The van der Waals surface area contributed by atoms with Crippen molar-refractivity contribution in [1.29, 1.82) is 0 Å². The highest BCUT2D eigenvalue weighted by Crippen LogP contribution is 2.22. The van der Waals surface area contributed by atoms with Crippen LogP contribution in [0.2, 0.25) is 0 Å². The molecule has 2 aromatic carbocycles. The molecule has 0 unspecified atom stereocenters. The molecule has 0 atom stereocenters. The molecule has 0 spiro atoms. The van der Waals surface area contributed by atoms with Crippen molar-refractivity contribution in [3.63, 3.8) is 0 Å². The van der Waals surface area contributed by atoms with E-state index in [2.05, 4.69) is 4.72 Å². The Labute approximate surface area is 140 Å². The lowest BCUT2D eigenvalue weighted by molar-refractivity contribution is -0.139. The number of carbonyl (C=O) groups excluding carboxylic acids is 1. The van der Waals surface area contributed by atoms with E-state index in [0.717, 1.165) is 4.90 Å². The summed E-state index contributed by atoms with van der Waals surface area (Å²) in [7, 11) is -3.59. The Morgan fingerprint density at radius 3 is 2.35 bits per heavy atom. The number of esters is 1. The van der Waals surface area contributed by atoms with Gasteiger partial charge in [-0.3, -0.25) is 9.52 Å². The van der Waals surface area contributed by atoms with E-state index in [1.807, 2.05) is 0 Å². The molecule has 7 heteroatoms. The van der Waals surface area contributed by atoms with Gasteiger partial charge in [0, 0.05) is 10.6 Å². The molecule has 0 radical (unpaired) electrons. The highest BCUT2D eigenvalue weighted by atomic mass is 32.2. The van der Waals surface area contributed by atoms with E-state index in [-0.39, 0.29) is 16.6 Å². The normalized spacial score (nSPS) is 11.0. The number of benzene rings is 2. The maximum atomic E-state index is 12.2. The van der Waals surface area contributed by atoms with Crippen molar-refractivity contribution in [3.8, 4) is 0 Å². The van der Waals surface area contributed by atoms with Crippen molar-refractivity contribution in [2.75, 3.05) is 17.1 Å². The van der Waals surface area contributed by atoms with Crippen LogP contribution >= 0.6 is 11.8 Å². The molecule has 23 heavy (non-hydrogen) atoms. The average Bonchev–Trinajstić information content (AvgIpc) is 2.55. The summed E-state index contributed by atoms with van der Waals surface area (Å²) in [6.45, 7) is 2.12. The fraction of sp³-hybridized carbons (Fsp3) is 0.188. The van der Waals surface area contributed by atoms with Crippen LogP contribution in [-0.4, -0.2) is 26.7 Å². The first kappa shape index (κ1) is 17.4. The Morgan fingerprint density at radius 1 is 1.09 bits per heavy atom. The van der Waals surface area contributed by atoms with E-state index < -0.39 is 10.0 Å². The molecule has 0 amide bonds. The molecule has 0 heterocycles. The van der Waals surface area contributed by atoms with Crippen LogP contribution in [0.15, 0.2) is 64.4 Å². The summed E-state index contributed by atoms with van der Waals surface area (Å²) in [6, 6.07) is 15.0. The van der Waals surface area contributed by atoms with Gasteiger partial charge in [-0.1, -0.05) is 18.2 Å². The molecule has 2 aromatic rings. The number of carbonyl (C=O) groups is 1. The third-order valence-electron chi connectivity index (χ3n) is 2.82. The van der Waals surface area contributed by atoms with Gasteiger partial charge in [0.05, 0.1) is 17.3 Å². The quantitative estimate of drug-likeness (QED) is 0.613. The second-order valence-electron chi connectivity index (χ2n) is 4.54. The SMILES string of the molecule is CCOC(=O)CSc1ccc(NS(=O)(=O)c2ccccc2)cc1. The monoisotopic (exact) mass is 351 g/mol. The molecule has 5 nitrogen and oxygen atoms in total. The van der Waals surface area contributed by atoms with Crippen LogP contribution in [0.3, 0.4) is 0 Å². The third-order valence-corrected chi connectivity index (χ3v) is 5.20. The van der Waals surface area contributed by atoms with E-state index in [9.17, 15) is 13.2 Å². The third kappa shape index (κ3) is 5.30. The number of rotatable bonds is 7. The van der Waals surface area contributed by atoms with Crippen molar-refractivity contribution in [2.24, 2.45) is 0 Å². The van der Waals surface area contributed by atoms with Crippen molar-refractivity contribution in [1.82, 2.24) is 0 Å². The summed E-state index contributed by atoms with van der Waals surface area (Å²) in [4.78, 5) is 12.4. The van der Waals surface area contributed by atoms with Gasteiger partial charge < -0.3 is 4.74 Å². The second kappa shape index (κ2) is 8.03. The number of ether oxygens (including phenoxy) is 1. The predicted molar refractivity (Wildman–Crippen MR) is 91.0 cm³/mol. The fourth-order valence-electron chi connectivity index (χ4n) is 1.78. The van der Waals surface area contributed by atoms with E-state index in [0.29, 0.717) is 12.3 Å². The maximum absolute atomic E-state index is 12.2. The molecule has 0 saturated carbocycles. The second-order valence-corrected chi connectivity index (χ2v) is 7.27. The first-order valence-electron chi connectivity index (χ1n) is 6.97. The lowest BCUT2D eigenvalue weighted by atomic mass is 10.3. The van der Waals surface area contributed by atoms with Gasteiger partial charge in [0.2, 0.25) is 0 Å². The topological polar surface area (TPSA) is 72.5 Å². The minimum absolute atomic E-state index is 0.209. The van der Waals surface area contributed by atoms with Crippen LogP contribution in [0.1, 0.15) is 6.92 Å². The van der Waals surface area contributed by atoms with Gasteiger partial charge >= 0.3 is 5.97 Å². The van der Waals surface area contributed by atoms with Crippen LogP contribution in [0, 0.1) is 0 Å². The lowest BCUT2D eigenvalue weighted by Gasteiger charge is -2.08. The molecule has 0 aliphatic heterocycles. The number of hydrogen-bond donors (Lipinski definition) is 1. The first-order valence-corrected chi connectivity index (χ1v) is 9.44. The van der Waals surface area contributed by atoms with Crippen LogP contribution in [-0.2, 0) is 19.6 Å². The Balaban J connectivity index is 1.99. The maximum Gasteiger partial charge on any atom is 0.316 e. The van der Waals surface area contributed by atoms with Gasteiger partial charge in [-0.25, -0.2) is 8.42 Å². The van der Waals surface area contributed by atoms with Gasteiger partial charge in [-0.15, -0.1) is 11.8 Å². The van der Waals surface area contributed by atoms with Crippen molar-refractivity contribution < 1.29 is 17.9 Å². The molecule has 0 saturated heterocycles. The summed E-state index contributed by atoms with van der Waals surface area (Å²) < 4.78 is 31.8. The standard InChI is InChI=1S/C16H17NO4S2/c1-2-21-16(18)12-22-14-10-8-13(9-11-14)17-23(19,20)15-6-4-3-5-7-15/h3-11,17H,2,12H2,1H3. The highest BCUT2D eigenvalue weighted by Gasteiger charge is 2.13. The van der Waals surface area contributed by atoms with Gasteiger partial charge in [0.1, 0.15) is 0 Å². The molecule has 0 fully saturated rings. The Bertz CT molecular complexity index is 743. The van der Waals surface area contributed by atoms with E-state index >= 15 is 0 Å². The molecule has 0 aliphatic carbocycles. The number of hydrogen-bond acceptors (Lipinski definition) is 5. The van der Waals surface area contributed by atoms with Crippen molar-refractivity contribution in [2.45, 2.75) is 16.7 Å². The van der Waals surface area contributed by atoms with Crippen molar-refractivity contribution >= 4 is 33.4 Å². The molecule has 0 bridgehead atoms. The van der Waals surface area contributed by atoms with Gasteiger partial charge in [0.25, 0.3) is 10.0 Å². The van der Waals surface area contributed by atoms with Gasteiger partial charge in [0.15, 0.2) is 0 Å². The van der Waals surface area contributed by atoms with Crippen LogP contribution in [0.5, 0.6) is 0 Å². The zero-order valence-corrected chi connectivity index (χ0v) is 14.2. The molecular formula is C16H17NO4S2. The predicted octanol–water partition coefficient (Wildman–Crippen LogP) is 3.14. The number of thioether (sulfide) groups is 1. The molecule has 2 rings (SSSR count). The number of nitrogens with one attached hydrogen (secondary N) is 1. The number of anilines is 1. The number of sulfonamides is 1. The fourth-order valence-corrected chi connectivity index (χ4v) is 3.55. The molecule has 0 aliphatic rings. The zero-order chi connectivity index (χ0) is 16.7. The van der Waals surface area contributed by atoms with Gasteiger partial charge in [-0.2, -0.15) is 0 Å². The van der Waals surface area contributed by atoms with E-state index in [1.165, 1.54) is 23.9 Å². The highest BCUT2D eigenvalue weighted by molar-refractivity contribution is 8.00. The van der Waals surface area contributed by atoms with E-state index in [1.54, 1.807) is 49.4 Å².